The molecule has 0 saturated heterocycles. The summed E-state index contributed by atoms with van der Waals surface area (Å²) in [5.41, 5.74) is -1.56. The normalized spacial score (nSPS) is 13.1. The predicted molar refractivity (Wildman–Crippen MR) is 72.4 cm³/mol. The van der Waals surface area contributed by atoms with Gasteiger partial charge in [-0.3, -0.25) is 9.59 Å². The Morgan fingerprint density at radius 1 is 1.41 bits per heavy atom. The SMILES string of the molecule is CCOC(=O)C(C)c1nc2cc(C(F)(F)F)ccc2[nH]c1=O. The summed E-state index contributed by atoms with van der Waals surface area (Å²) in [6.45, 7) is 3.15. The fourth-order valence-corrected chi connectivity index (χ4v) is 1.95. The molecule has 0 bridgehead atoms. The standard InChI is InChI=1S/C14H13F3N2O3/c1-3-22-13(21)7(2)11-12(20)19-9-5-4-8(14(15,16)17)6-10(9)18-11/h4-7H,3H2,1-2H3,(H,19,20). The van der Waals surface area contributed by atoms with Gasteiger partial charge in [0.15, 0.2) is 0 Å². The highest BCUT2D eigenvalue weighted by atomic mass is 19.4. The molecule has 1 aromatic heterocycles. The Kier molecular flexibility index (Phi) is 4.20. The number of carbonyl (C=O) groups is 1. The van der Waals surface area contributed by atoms with Crippen LogP contribution >= 0.6 is 0 Å². The number of fused-ring (bicyclic) bond motifs is 1. The Morgan fingerprint density at radius 3 is 2.68 bits per heavy atom. The molecule has 2 rings (SSSR count). The maximum absolute atomic E-state index is 12.7. The number of halogens is 3. The van der Waals surface area contributed by atoms with E-state index in [1.807, 2.05) is 0 Å². The van der Waals surface area contributed by atoms with E-state index >= 15 is 0 Å². The largest absolute Gasteiger partial charge is 0.465 e. The molecular formula is C14H13F3N2O3. The molecule has 1 aromatic carbocycles. The number of hydrogen-bond acceptors (Lipinski definition) is 4. The third-order valence-corrected chi connectivity index (χ3v) is 3.10. The zero-order valence-electron chi connectivity index (χ0n) is 11.8. The van der Waals surface area contributed by atoms with Crippen LogP contribution in [0, 0.1) is 0 Å². The molecule has 2 aromatic rings. The molecule has 0 spiro atoms. The van der Waals surface area contributed by atoms with Crippen LogP contribution in [0.4, 0.5) is 13.2 Å². The van der Waals surface area contributed by atoms with Crippen molar-refractivity contribution >= 4 is 17.0 Å². The molecule has 1 heterocycles. The van der Waals surface area contributed by atoms with Crippen molar-refractivity contribution in [3.63, 3.8) is 0 Å². The smallest absolute Gasteiger partial charge is 0.416 e. The lowest BCUT2D eigenvalue weighted by atomic mass is 10.1. The molecule has 0 radical (unpaired) electrons. The number of alkyl halides is 3. The first-order valence-electron chi connectivity index (χ1n) is 6.52. The molecule has 1 unspecified atom stereocenters. The van der Waals surface area contributed by atoms with E-state index in [1.165, 1.54) is 6.92 Å². The topological polar surface area (TPSA) is 72.0 Å². The van der Waals surface area contributed by atoms with Crippen LogP contribution in [0.1, 0.15) is 31.0 Å². The summed E-state index contributed by atoms with van der Waals surface area (Å²) in [5.74, 6) is -1.63. The molecule has 0 aliphatic heterocycles. The van der Waals surface area contributed by atoms with Gasteiger partial charge in [-0.2, -0.15) is 13.2 Å². The van der Waals surface area contributed by atoms with Gasteiger partial charge >= 0.3 is 12.1 Å². The first kappa shape index (κ1) is 16.0. The van der Waals surface area contributed by atoms with E-state index < -0.39 is 29.2 Å². The highest BCUT2D eigenvalue weighted by molar-refractivity contribution is 5.79. The zero-order chi connectivity index (χ0) is 16.5. The number of aromatic nitrogens is 2. The van der Waals surface area contributed by atoms with Gasteiger partial charge in [0.1, 0.15) is 11.6 Å². The molecule has 0 saturated carbocycles. The number of nitrogens with one attached hydrogen (secondary N) is 1. The van der Waals surface area contributed by atoms with Crippen molar-refractivity contribution in [2.45, 2.75) is 25.9 Å². The number of nitrogens with zero attached hydrogens (tertiary/aromatic N) is 1. The maximum Gasteiger partial charge on any atom is 0.416 e. The zero-order valence-corrected chi connectivity index (χ0v) is 11.8. The minimum Gasteiger partial charge on any atom is -0.465 e. The van der Waals surface area contributed by atoms with Crippen molar-refractivity contribution in [3.05, 3.63) is 39.8 Å². The van der Waals surface area contributed by atoms with Crippen LogP contribution in [0.25, 0.3) is 11.0 Å². The van der Waals surface area contributed by atoms with E-state index in [2.05, 4.69) is 9.97 Å². The summed E-state index contributed by atoms with van der Waals surface area (Å²) >= 11 is 0. The average Bonchev–Trinajstić information content (AvgIpc) is 2.44. The second-order valence-electron chi connectivity index (χ2n) is 4.65. The summed E-state index contributed by atoms with van der Waals surface area (Å²) in [5, 5.41) is 0. The molecule has 0 aliphatic carbocycles. The Balaban J connectivity index is 2.54. The van der Waals surface area contributed by atoms with Gasteiger partial charge in [-0.1, -0.05) is 0 Å². The molecular weight excluding hydrogens is 301 g/mol. The highest BCUT2D eigenvalue weighted by Crippen LogP contribution is 2.30. The van der Waals surface area contributed by atoms with Gasteiger partial charge in [0, 0.05) is 0 Å². The maximum atomic E-state index is 12.7. The fraction of sp³-hybridized carbons (Fsp3) is 0.357. The predicted octanol–water partition coefficient (Wildman–Crippen LogP) is 2.61. The van der Waals surface area contributed by atoms with Gasteiger partial charge in [0.2, 0.25) is 0 Å². The molecule has 0 fully saturated rings. The number of hydrogen-bond donors (Lipinski definition) is 1. The van der Waals surface area contributed by atoms with E-state index in [1.54, 1.807) is 6.92 Å². The average molecular weight is 314 g/mol. The van der Waals surface area contributed by atoms with Crippen molar-refractivity contribution in [1.82, 2.24) is 9.97 Å². The number of carbonyl (C=O) groups excluding carboxylic acids is 1. The Bertz CT molecular complexity index is 768. The van der Waals surface area contributed by atoms with Crippen LogP contribution in [0.2, 0.25) is 0 Å². The molecule has 22 heavy (non-hydrogen) atoms. The summed E-state index contributed by atoms with van der Waals surface area (Å²) in [4.78, 5) is 29.9. The van der Waals surface area contributed by atoms with E-state index in [-0.39, 0.29) is 23.3 Å². The number of benzene rings is 1. The van der Waals surface area contributed by atoms with Gasteiger partial charge in [0.05, 0.1) is 23.2 Å². The fourth-order valence-electron chi connectivity index (χ4n) is 1.95. The number of rotatable bonds is 3. The summed E-state index contributed by atoms with van der Waals surface area (Å²) in [7, 11) is 0. The van der Waals surface area contributed by atoms with Gasteiger partial charge in [0.25, 0.3) is 5.56 Å². The van der Waals surface area contributed by atoms with Crippen molar-refractivity contribution in [2.24, 2.45) is 0 Å². The first-order valence-corrected chi connectivity index (χ1v) is 6.52. The van der Waals surface area contributed by atoms with Crippen LogP contribution in [0.5, 0.6) is 0 Å². The van der Waals surface area contributed by atoms with Gasteiger partial charge in [-0.05, 0) is 32.0 Å². The Labute approximate surface area is 123 Å². The van der Waals surface area contributed by atoms with Crippen LogP contribution in [0.3, 0.4) is 0 Å². The van der Waals surface area contributed by atoms with Gasteiger partial charge < -0.3 is 9.72 Å². The van der Waals surface area contributed by atoms with E-state index in [0.717, 1.165) is 18.2 Å². The summed E-state index contributed by atoms with van der Waals surface area (Å²) < 4.78 is 42.9. The lowest BCUT2D eigenvalue weighted by molar-refractivity contribution is -0.144. The highest BCUT2D eigenvalue weighted by Gasteiger charge is 2.31. The second-order valence-corrected chi connectivity index (χ2v) is 4.65. The minimum absolute atomic E-state index is 0.0411. The number of esters is 1. The van der Waals surface area contributed by atoms with Crippen molar-refractivity contribution in [1.29, 1.82) is 0 Å². The number of ether oxygens (including phenoxy) is 1. The molecule has 0 aliphatic rings. The molecule has 1 atom stereocenters. The number of aromatic amines is 1. The quantitative estimate of drug-likeness (QED) is 0.884. The van der Waals surface area contributed by atoms with E-state index in [4.69, 9.17) is 4.74 Å². The van der Waals surface area contributed by atoms with Gasteiger partial charge in [-0.25, -0.2) is 4.98 Å². The molecule has 1 N–H and O–H groups in total. The van der Waals surface area contributed by atoms with Gasteiger partial charge in [-0.15, -0.1) is 0 Å². The van der Waals surface area contributed by atoms with E-state index in [9.17, 15) is 22.8 Å². The summed E-state index contributed by atoms with van der Waals surface area (Å²) in [6.07, 6.45) is -4.51. The van der Waals surface area contributed by atoms with Crippen LogP contribution in [0.15, 0.2) is 23.0 Å². The number of H-pyrrole nitrogens is 1. The minimum atomic E-state index is -4.51. The van der Waals surface area contributed by atoms with E-state index in [0.29, 0.717) is 0 Å². The first-order chi connectivity index (χ1) is 10.2. The van der Waals surface area contributed by atoms with Crippen LogP contribution in [-0.2, 0) is 15.7 Å². The lowest BCUT2D eigenvalue weighted by Gasteiger charge is -2.11. The van der Waals surface area contributed by atoms with Crippen molar-refractivity contribution in [2.75, 3.05) is 6.61 Å². The monoisotopic (exact) mass is 314 g/mol. The third-order valence-electron chi connectivity index (χ3n) is 3.10. The van der Waals surface area contributed by atoms with Crippen molar-refractivity contribution in [3.8, 4) is 0 Å². The van der Waals surface area contributed by atoms with Crippen molar-refractivity contribution < 1.29 is 22.7 Å². The molecule has 118 valence electrons. The molecule has 8 heteroatoms. The van der Waals surface area contributed by atoms with Crippen LogP contribution in [-0.4, -0.2) is 22.5 Å². The Morgan fingerprint density at radius 2 is 2.09 bits per heavy atom. The summed E-state index contributed by atoms with van der Waals surface area (Å²) in [6, 6.07) is 2.81. The van der Waals surface area contributed by atoms with Crippen LogP contribution < -0.4 is 5.56 Å². The lowest BCUT2D eigenvalue weighted by Crippen LogP contribution is -2.24. The Hall–Kier alpha value is -2.38. The molecule has 0 amide bonds. The molecule has 5 nitrogen and oxygen atoms in total. The second kappa shape index (κ2) is 5.78. The third kappa shape index (κ3) is 3.10.